The quantitative estimate of drug-likeness (QED) is 0.907. The number of hydrogen-bond acceptors (Lipinski definition) is 3. The molecule has 2 aromatic rings. The summed E-state index contributed by atoms with van der Waals surface area (Å²) in [5.41, 5.74) is 3.58. The van der Waals surface area contributed by atoms with Crippen molar-refractivity contribution < 1.29 is 4.79 Å². The highest BCUT2D eigenvalue weighted by Gasteiger charge is 2.26. The number of anilines is 1. The molecular formula is C16H18N2OS. The van der Waals surface area contributed by atoms with Crippen LogP contribution in [0.5, 0.6) is 0 Å². The van der Waals surface area contributed by atoms with Crippen LogP contribution < -0.4 is 10.6 Å². The molecule has 0 saturated heterocycles. The van der Waals surface area contributed by atoms with Gasteiger partial charge < -0.3 is 10.6 Å². The first-order chi connectivity index (χ1) is 9.72. The average Bonchev–Trinajstić information content (AvgIpc) is 3.06. The van der Waals surface area contributed by atoms with Crippen LogP contribution in [0.25, 0.3) is 0 Å². The van der Waals surface area contributed by atoms with Crippen molar-refractivity contribution in [2.75, 3.05) is 5.32 Å². The van der Waals surface area contributed by atoms with Gasteiger partial charge in [-0.25, -0.2) is 0 Å². The highest BCUT2D eigenvalue weighted by atomic mass is 32.1. The van der Waals surface area contributed by atoms with E-state index in [4.69, 9.17) is 0 Å². The molecule has 0 spiro atoms. The standard InChI is InChI=1S/C16H18N2OS/c1-11(8-12-6-7-20-10-12)17-16(19)15-9-13-4-2-3-5-14(13)18-15/h2-7,10-11,15,18H,8-9H2,1H3,(H,17,19)/t11?,15-/m0/s1. The van der Waals surface area contributed by atoms with E-state index in [1.54, 1.807) is 11.3 Å². The van der Waals surface area contributed by atoms with Gasteiger partial charge in [-0.1, -0.05) is 18.2 Å². The SMILES string of the molecule is CC(Cc1ccsc1)NC(=O)[C@@H]1Cc2ccccc2N1. The highest BCUT2D eigenvalue weighted by Crippen LogP contribution is 2.25. The monoisotopic (exact) mass is 286 g/mol. The lowest BCUT2D eigenvalue weighted by Crippen LogP contribution is -2.43. The zero-order valence-corrected chi connectivity index (χ0v) is 12.2. The fourth-order valence-corrected chi connectivity index (χ4v) is 3.29. The molecule has 1 aliphatic rings. The summed E-state index contributed by atoms with van der Waals surface area (Å²) >= 11 is 1.69. The van der Waals surface area contributed by atoms with Crippen LogP contribution in [-0.2, 0) is 17.6 Å². The predicted molar refractivity (Wildman–Crippen MR) is 83.2 cm³/mol. The maximum Gasteiger partial charge on any atom is 0.243 e. The first-order valence-corrected chi connectivity index (χ1v) is 7.82. The van der Waals surface area contributed by atoms with Gasteiger partial charge in [0, 0.05) is 18.2 Å². The zero-order chi connectivity index (χ0) is 13.9. The number of para-hydroxylation sites is 1. The molecule has 1 aliphatic heterocycles. The summed E-state index contributed by atoms with van der Waals surface area (Å²) in [7, 11) is 0. The molecule has 0 saturated carbocycles. The fraction of sp³-hybridized carbons (Fsp3) is 0.312. The Labute approximate surface area is 123 Å². The lowest BCUT2D eigenvalue weighted by molar-refractivity contribution is -0.122. The van der Waals surface area contributed by atoms with E-state index in [1.165, 1.54) is 11.1 Å². The van der Waals surface area contributed by atoms with Gasteiger partial charge in [-0.15, -0.1) is 0 Å². The molecule has 2 heterocycles. The molecule has 1 aromatic carbocycles. The van der Waals surface area contributed by atoms with E-state index in [0.717, 1.165) is 18.5 Å². The van der Waals surface area contributed by atoms with E-state index in [9.17, 15) is 4.79 Å². The molecule has 0 radical (unpaired) electrons. The minimum atomic E-state index is -0.141. The van der Waals surface area contributed by atoms with Crippen LogP contribution in [-0.4, -0.2) is 18.0 Å². The average molecular weight is 286 g/mol. The summed E-state index contributed by atoms with van der Waals surface area (Å²) in [5, 5.41) is 10.6. The summed E-state index contributed by atoms with van der Waals surface area (Å²) in [6.07, 6.45) is 1.65. The van der Waals surface area contributed by atoms with Crippen molar-refractivity contribution in [3.05, 3.63) is 52.2 Å². The predicted octanol–water partition coefficient (Wildman–Crippen LogP) is 2.83. The van der Waals surface area contributed by atoms with Crippen molar-refractivity contribution in [2.45, 2.75) is 31.8 Å². The Morgan fingerprint density at radius 1 is 1.45 bits per heavy atom. The van der Waals surface area contributed by atoms with E-state index < -0.39 is 0 Å². The molecule has 1 unspecified atom stereocenters. The van der Waals surface area contributed by atoms with Gasteiger partial charge in [0.2, 0.25) is 5.91 Å². The Balaban J connectivity index is 1.56. The molecule has 0 fully saturated rings. The van der Waals surface area contributed by atoms with Crippen LogP contribution in [0.3, 0.4) is 0 Å². The van der Waals surface area contributed by atoms with Crippen molar-refractivity contribution in [2.24, 2.45) is 0 Å². The van der Waals surface area contributed by atoms with Crippen LogP contribution in [0, 0.1) is 0 Å². The Morgan fingerprint density at radius 2 is 2.30 bits per heavy atom. The van der Waals surface area contributed by atoms with E-state index in [1.807, 2.05) is 18.2 Å². The smallest absolute Gasteiger partial charge is 0.243 e. The number of nitrogens with one attached hydrogen (secondary N) is 2. The van der Waals surface area contributed by atoms with Crippen LogP contribution >= 0.6 is 11.3 Å². The second-order valence-electron chi connectivity index (χ2n) is 5.30. The maximum absolute atomic E-state index is 12.3. The Hall–Kier alpha value is -1.81. The second kappa shape index (κ2) is 5.67. The molecule has 0 bridgehead atoms. The Morgan fingerprint density at radius 3 is 3.05 bits per heavy atom. The van der Waals surface area contributed by atoms with Gasteiger partial charge in [0.15, 0.2) is 0 Å². The van der Waals surface area contributed by atoms with Crippen molar-refractivity contribution in [3.63, 3.8) is 0 Å². The minimum absolute atomic E-state index is 0.0870. The molecule has 1 amide bonds. The number of thiophene rings is 1. The van der Waals surface area contributed by atoms with Crippen LogP contribution in [0.4, 0.5) is 5.69 Å². The first kappa shape index (κ1) is 13.2. The first-order valence-electron chi connectivity index (χ1n) is 6.88. The minimum Gasteiger partial charge on any atom is -0.373 e. The Kier molecular flexibility index (Phi) is 3.74. The number of benzene rings is 1. The fourth-order valence-electron chi connectivity index (χ4n) is 2.61. The molecular weight excluding hydrogens is 268 g/mol. The van der Waals surface area contributed by atoms with Gasteiger partial charge in [0.25, 0.3) is 0 Å². The van der Waals surface area contributed by atoms with Gasteiger partial charge in [-0.3, -0.25) is 4.79 Å². The van der Waals surface area contributed by atoms with Crippen molar-refractivity contribution in [3.8, 4) is 0 Å². The third-order valence-electron chi connectivity index (χ3n) is 3.60. The third kappa shape index (κ3) is 2.85. The molecule has 1 aromatic heterocycles. The normalized spacial score (nSPS) is 18.1. The number of hydrogen-bond donors (Lipinski definition) is 2. The van der Waals surface area contributed by atoms with Gasteiger partial charge >= 0.3 is 0 Å². The summed E-state index contributed by atoms with van der Waals surface area (Å²) in [5.74, 6) is 0.0870. The molecule has 0 aliphatic carbocycles. The van der Waals surface area contributed by atoms with Crippen LogP contribution in [0.2, 0.25) is 0 Å². The molecule has 104 valence electrons. The maximum atomic E-state index is 12.3. The van der Waals surface area contributed by atoms with E-state index in [0.29, 0.717) is 0 Å². The third-order valence-corrected chi connectivity index (χ3v) is 4.33. The van der Waals surface area contributed by atoms with Crippen molar-refractivity contribution in [1.82, 2.24) is 5.32 Å². The second-order valence-corrected chi connectivity index (χ2v) is 6.08. The number of carbonyl (C=O) groups excluding carboxylic acids is 1. The van der Waals surface area contributed by atoms with Gasteiger partial charge in [-0.05, 0) is 47.4 Å². The van der Waals surface area contributed by atoms with Gasteiger partial charge in [0.1, 0.15) is 6.04 Å². The van der Waals surface area contributed by atoms with Gasteiger partial charge in [0.05, 0.1) is 0 Å². The summed E-state index contributed by atoms with van der Waals surface area (Å²) < 4.78 is 0. The molecule has 3 nitrogen and oxygen atoms in total. The molecule has 2 N–H and O–H groups in total. The summed E-state index contributed by atoms with van der Waals surface area (Å²) in [6, 6.07) is 10.2. The number of amides is 1. The molecule has 3 rings (SSSR count). The van der Waals surface area contributed by atoms with Crippen molar-refractivity contribution >= 4 is 22.9 Å². The lowest BCUT2D eigenvalue weighted by atomic mass is 10.1. The summed E-state index contributed by atoms with van der Waals surface area (Å²) in [6.45, 7) is 2.05. The van der Waals surface area contributed by atoms with E-state index >= 15 is 0 Å². The zero-order valence-electron chi connectivity index (χ0n) is 11.4. The molecule has 4 heteroatoms. The van der Waals surface area contributed by atoms with E-state index in [2.05, 4.69) is 40.5 Å². The topological polar surface area (TPSA) is 41.1 Å². The van der Waals surface area contributed by atoms with Crippen molar-refractivity contribution in [1.29, 1.82) is 0 Å². The van der Waals surface area contributed by atoms with Gasteiger partial charge in [-0.2, -0.15) is 11.3 Å². The van der Waals surface area contributed by atoms with E-state index in [-0.39, 0.29) is 18.0 Å². The number of fused-ring (bicyclic) bond motifs is 1. The number of carbonyl (C=O) groups is 1. The van der Waals surface area contributed by atoms with Crippen LogP contribution in [0.15, 0.2) is 41.1 Å². The van der Waals surface area contributed by atoms with Crippen LogP contribution in [0.1, 0.15) is 18.1 Å². The molecule has 20 heavy (non-hydrogen) atoms. The number of rotatable bonds is 4. The highest BCUT2D eigenvalue weighted by molar-refractivity contribution is 7.07. The summed E-state index contributed by atoms with van der Waals surface area (Å²) in [4.78, 5) is 12.3. The lowest BCUT2D eigenvalue weighted by Gasteiger charge is -2.17. The Bertz CT molecular complexity index is 569. The molecule has 2 atom stereocenters. The largest absolute Gasteiger partial charge is 0.373 e.